The molecule has 7 nitrogen and oxygen atoms in total. The van der Waals surface area contributed by atoms with Crippen molar-refractivity contribution in [3.63, 3.8) is 0 Å². The van der Waals surface area contributed by atoms with Gasteiger partial charge in [-0.2, -0.15) is 0 Å². The maximum absolute atomic E-state index is 12.3. The smallest absolute Gasteiger partial charge is 0.257 e. The number of carbonyl (C=O) groups is 1. The number of ether oxygens (including phenoxy) is 3. The Morgan fingerprint density at radius 1 is 1.00 bits per heavy atom. The van der Waals surface area contributed by atoms with Gasteiger partial charge in [-0.1, -0.05) is 47.6 Å². The Kier molecular flexibility index (Phi) is 10.2. The fraction of sp³-hybridized carbons (Fsp3) is 0.355. The van der Waals surface area contributed by atoms with Crippen molar-refractivity contribution in [2.45, 2.75) is 32.8 Å². The zero-order valence-electron chi connectivity index (χ0n) is 22.2. The first-order valence-electron chi connectivity index (χ1n) is 13.0. The van der Waals surface area contributed by atoms with E-state index in [2.05, 4.69) is 22.6 Å². The molecule has 0 saturated carbocycles. The van der Waals surface area contributed by atoms with Gasteiger partial charge in [0.15, 0.2) is 6.61 Å². The van der Waals surface area contributed by atoms with E-state index in [1.807, 2.05) is 67.6 Å². The number of hydrogen-bond donors (Lipinski definition) is 1. The second kappa shape index (κ2) is 14.2. The van der Waals surface area contributed by atoms with Gasteiger partial charge < -0.3 is 24.4 Å². The number of hydrogen-bond acceptors (Lipinski definition) is 6. The van der Waals surface area contributed by atoms with Crippen LogP contribution in [0.1, 0.15) is 35.1 Å². The number of aryl methyl sites for hydroxylation is 1. The number of amides is 1. The number of nitrogens with zero attached hydrogens (tertiary/aromatic N) is 1. The van der Waals surface area contributed by atoms with Gasteiger partial charge >= 0.3 is 0 Å². The van der Waals surface area contributed by atoms with Crippen molar-refractivity contribution >= 4 is 11.6 Å². The van der Waals surface area contributed by atoms with Gasteiger partial charge in [-0.25, -0.2) is 0 Å². The molecule has 1 heterocycles. The Morgan fingerprint density at radius 2 is 1.76 bits per heavy atom. The van der Waals surface area contributed by atoms with Crippen LogP contribution < -0.4 is 14.8 Å². The fourth-order valence-corrected chi connectivity index (χ4v) is 4.28. The highest BCUT2D eigenvalue weighted by Gasteiger charge is 2.15. The van der Waals surface area contributed by atoms with Crippen LogP contribution in [0.15, 0.2) is 78.0 Å². The highest BCUT2D eigenvalue weighted by Crippen LogP contribution is 2.21. The van der Waals surface area contributed by atoms with E-state index < -0.39 is 0 Å². The number of rotatable bonds is 12. The number of benzene rings is 3. The van der Waals surface area contributed by atoms with Gasteiger partial charge in [0.25, 0.3) is 5.91 Å². The molecule has 1 aliphatic heterocycles. The van der Waals surface area contributed by atoms with Gasteiger partial charge in [-0.3, -0.25) is 4.79 Å². The fourth-order valence-electron chi connectivity index (χ4n) is 4.28. The van der Waals surface area contributed by atoms with Crippen LogP contribution in [0.25, 0.3) is 0 Å². The minimum Gasteiger partial charge on any atom is -0.497 e. The van der Waals surface area contributed by atoms with E-state index in [1.54, 1.807) is 7.11 Å². The standard InChI is InChI=1S/C31H36N2O5/c1-23-18-27(10-13-30(23)37-22-31(34)32-20-25-14-16-36-17-15-25)29(19-24-6-4-3-5-7-24)33-38-21-26-8-11-28(35-2)12-9-26/h3-13,18,25H,14-17,19-22H2,1-2H3,(H,32,34)/b33-29+. The van der Waals surface area contributed by atoms with E-state index >= 15 is 0 Å². The van der Waals surface area contributed by atoms with E-state index in [0.717, 1.165) is 59.8 Å². The lowest BCUT2D eigenvalue weighted by Crippen LogP contribution is -2.35. The minimum absolute atomic E-state index is 0.0145. The molecule has 3 aromatic carbocycles. The molecular weight excluding hydrogens is 480 g/mol. The first kappa shape index (κ1) is 27.2. The molecule has 0 unspecified atom stereocenters. The van der Waals surface area contributed by atoms with Crippen molar-refractivity contribution in [2.75, 3.05) is 33.5 Å². The lowest BCUT2D eigenvalue weighted by Gasteiger charge is -2.22. The highest BCUT2D eigenvalue weighted by molar-refractivity contribution is 6.01. The van der Waals surface area contributed by atoms with Crippen LogP contribution in [0.3, 0.4) is 0 Å². The van der Waals surface area contributed by atoms with Crippen molar-refractivity contribution in [3.05, 3.63) is 95.1 Å². The third kappa shape index (κ3) is 8.35. The van der Waals surface area contributed by atoms with E-state index in [1.165, 1.54) is 0 Å². The molecule has 0 spiro atoms. The van der Waals surface area contributed by atoms with Crippen molar-refractivity contribution in [2.24, 2.45) is 11.1 Å². The minimum atomic E-state index is -0.113. The molecule has 1 saturated heterocycles. The van der Waals surface area contributed by atoms with E-state index in [-0.39, 0.29) is 12.5 Å². The van der Waals surface area contributed by atoms with Gasteiger partial charge in [0, 0.05) is 31.7 Å². The second-order valence-electron chi connectivity index (χ2n) is 9.45. The lowest BCUT2D eigenvalue weighted by molar-refractivity contribution is -0.123. The van der Waals surface area contributed by atoms with Crippen molar-refractivity contribution in [1.29, 1.82) is 0 Å². The summed E-state index contributed by atoms with van der Waals surface area (Å²) in [6.45, 7) is 4.51. The molecule has 1 fully saturated rings. The normalized spacial score (nSPS) is 14.1. The Hall–Kier alpha value is -3.84. The first-order valence-corrected chi connectivity index (χ1v) is 13.0. The van der Waals surface area contributed by atoms with Crippen LogP contribution in [0.2, 0.25) is 0 Å². The molecule has 0 bridgehead atoms. The summed E-state index contributed by atoms with van der Waals surface area (Å²) in [6.07, 6.45) is 2.59. The molecule has 3 aromatic rings. The number of methoxy groups -OCH3 is 1. The molecule has 0 aromatic heterocycles. The summed E-state index contributed by atoms with van der Waals surface area (Å²) >= 11 is 0. The van der Waals surface area contributed by atoms with Gasteiger partial charge in [-0.05, 0) is 72.7 Å². The summed E-state index contributed by atoms with van der Waals surface area (Å²) in [4.78, 5) is 18.1. The first-order chi connectivity index (χ1) is 18.6. The molecule has 1 amide bonds. The third-order valence-electron chi connectivity index (χ3n) is 6.58. The average Bonchev–Trinajstić information content (AvgIpc) is 2.96. The lowest BCUT2D eigenvalue weighted by atomic mass is 10.0. The molecule has 38 heavy (non-hydrogen) atoms. The van der Waals surface area contributed by atoms with Crippen LogP contribution in [-0.2, 0) is 27.4 Å². The van der Waals surface area contributed by atoms with Gasteiger partial charge in [0.1, 0.15) is 18.1 Å². The summed E-state index contributed by atoms with van der Waals surface area (Å²) < 4.78 is 16.4. The predicted molar refractivity (Wildman–Crippen MR) is 148 cm³/mol. The van der Waals surface area contributed by atoms with Crippen LogP contribution >= 0.6 is 0 Å². The largest absolute Gasteiger partial charge is 0.497 e. The van der Waals surface area contributed by atoms with Crippen LogP contribution in [0.5, 0.6) is 11.5 Å². The topological polar surface area (TPSA) is 78.4 Å². The van der Waals surface area contributed by atoms with Crippen LogP contribution in [-0.4, -0.2) is 45.1 Å². The van der Waals surface area contributed by atoms with E-state index in [4.69, 9.17) is 19.0 Å². The summed E-state index contributed by atoms with van der Waals surface area (Å²) in [7, 11) is 1.65. The summed E-state index contributed by atoms with van der Waals surface area (Å²) in [5.41, 5.74) is 4.82. The maximum atomic E-state index is 12.3. The predicted octanol–water partition coefficient (Wildman–Crippen LogP) is 5.09. The Bertz CT molecular complexity index is 1190. The van der Waals surface area contributed by atoms with Gasteiger partial charge in [0.2, 0.25) is 0 Å². The summed E-state index contributed by atoms with van der Waals surface area (Å²) in [6, 6.07) is 23.8. The number of carbonyl (C=O) groups excluding carboxylic acids is 1. The summed E-state index contributed by atoms with van der Waals surface area (Å²) in [5, 5.41) is 7.49. The van der Waals surface area contributed by atoms with Crippen molar-refractivity contribution in [1.82, 2.24) is 5.32 Å². The monoisotopic (exact) mass is 516 g/mol. The Morgan fingerprint density at radius 3 is 2.47 bits per heavy atom. The molecule has 0 radical (unpaired) electrons. The SMILES string of the molecule is COc1ccc(CO/N=C(\Cc2ccccc2)c2ccc(OCC(=O)NCC3CCOCC3)c(C)c2)cc1. The van der Waals surface area contributed by atoms with E-state index in [9.17, 15) is 4.79 Å². The molecule has 0 aliphatic carbocycles. The molecule has 1 aliphatic rings. The average molecular weight is 517 g/mol. The molecule has 7 heteroatoms. The van der Waals surface area contributed by atoms with Gasteiger partial charge in [0.05, 0.1) is 12.8 Å². The molecule has 0 atom stereocenters. The molecule has 1 N–H and O–H groups in total. The maximum Gasteiger partial charge on any atom is 0.257 e. The second-order valence-corrected chi connectivity index (χ2v) is 9.45. The number of oxime groups is 1. The van der Waals surface area contributed by atoms with Gasteiger partial charge in [-0.15, -0.1) is 0 Å². The molecule has 4 rings (SSSR count). The Balaban J connectivity index is 1.38. The zero-order chi connectivity index (χ0) is 26.6. The molecular formula is C31H36N2O5. The van der Waals surface area contributed by atoms with Crippen molar-refractivity contribution < 1.29 is 23.8 Å². The highest BCUT2D eigenvalue weighted by atomic mass is 16.6. The molecule has 200 valence electrons. The summed E-state index contributed by atoms with van der Waals surface area (Å²) in [5.74, 6) is 1.84. The zero-order valence-corrected chi connectivity index (χ0v) is 22.2. The third-order valence-corrected chi connectivity index (χ3v) is 6.58. The number of nitrogens with one attached hydrogen (secondary N) is 1. The quantitative estimate of drug-likeness (QED) is 0.268. The van der Waals surface area contributed by atoms with E-state index in [0.29, 0.717) is 31.2 Å². The van der Waals surface area contributed by atoms with Crippen LogP contribution in [0.4, 0.5) is 0 Å². The Labute approximate surface area is 224 Å². The van der Waals surface area contributed by atoms with Crippen molar-refractivity contribution in [3.8, 4) is 11.5 Å². The van der Waals surface area contributed by atoms with Crippen LogP contribution in [0, 0.1) is 12.8 Å².